The van der Waals surface area contributed by atoms with Crippen LogP contribution in [0.4, 0.5) is 10.2 Å². The quantitative estimate of drug-likeness (QED) is 0.391. The molecule has 1 heterocycles. The van der Waals surface area contributed by atoms with Crippen LogP contribution in [0.2, 0.25) is 0 Å². The fraction of sp³-hybridized carbons (Fsp3) is 0.115. The molecule has 4 rings (SSSR count). The summed E-state index contributed by atoms with van der Waals surface area (Å²) in [6.07, 6.45) is 0. The summed E-state index contributed by atoms with van der Waals surface area (Å²) in [6.45, 7) is 0.931. The summed E-state index contributed by atoms with van der Waals surface area (Å²) in [5.74, 6) is -0.687. The Labute approximate surface area is 195 Å². The summed E-state index contributed by atoms with van der Waals surface area (Å²) in [7, 11) is 0. The standard InChI is InChI=1S/C26H22FN3O4/c1-18-15-24(30(29-18)21-13-11-20(27)12-14-21)28-25(31)16-34-26(32)17-33-23-10-6-5-9-22(23)19-7-3-2-4-8-19/h2-15H,16-17H2,1H3,(H,28,31). The molecule has 0 aliphatic carbocycles. The topological polar surface area (TPSA) is 82.5 Å². The first-order valence-corrected chi connectivity index (χ1v) is 10.5. The summed E-state index contributed by atoms with van der Waals surface area (Å²) < 4.78 is 25.4. The Kier molecular flexibility index (Phi) is 6.98. The molecule has 3 aromatic carbocycles. The predicted octanol–water partition coefficient (Wildman–Crippen LogP) is 4.55. The number of hydrogen-bond acceptors (Lipinski definition) is 5. The van der Waals surface area contributed by atoms with Gasteiger partial charge in [-0.15, -0.1) is 0 Å². The Morgan fingerprint density at radius 2 is 1.65 bits per heavy atom. The lowest BCUT2D eigenvalue weighted by Crippen LogP contribution is -2.24. The number of nitrogens with one attached hydrogen (secondary N) is 1. The van der Waals surface area contributed by atoms with E-state index in [1.165, 1.54) is 16.8 Å². The molecule has 0 saturated heterocycles. The third kappa shape index (κ3) is 5.66. The Morgan fingerprint density at radius 3 is 2.41 bits per heavy atom. The van der Waals surface area contributed by atoms with E-state index in [2.05, 4.69) is 10.4 Å². The second kappa shape index (κ2) is 10.4. The molecule has 4 aromatic rings. The average molecular weight is 459 g/mol. The first-order valence-electron chi connectivity index (χ1n) is 10.5. The number of ether oxygens (including phenoxy) is 2. The fourth-order valence-electron chi connectivity index (χ4n) is 3.32. The van der Waals surface area contributed by atoms with Crippen molar-refractivity contribution in [2.75, 3.05) is 18.5 Å². The van der Waals surface area contributed by atoms with E-state index in [4.69, 9.17) is 9.47 Å². The smallest absolute Gasteiger partial charge is 0.344 e. The minimum atomic E-state index is -0.679. The molecule has 8 heteroatoms. The van der Waals surface area contributed by atoms with E-state index in [1.54, 1.807) is 31.2 Å². The molecule has 0 fully saturated rings. The summed E-state index contributed by atoms with van der Waals surface area (Å²) in [5.41, 5.74) is 3.03. The number of anilines is 1. The number of nitrogens with zero attached hydrogens (tertiary/aromatic N) is 2. The van der Waals surface area contributed by atoms with Gasteiger partial charge < -0.3 is 14.8 Å². The molecule has 0 aliphatic heterocycles. The number of esters is 1. The molecule has 0 bridgehead atoms. The van der Waals surface area contributed by atoms with Crippen molar-refractivity contribution in [2.24, 2.45) is 0 Å². The van der Waals surface area contributed by atoms with Gasteiger partial charge >= 0.3 is 5.97 Å². The van der Waals surface area contributed by atoms with Crippen molar-refractivity contribution in [3.05, 3.63) is 96.4 Å². The Hall–Kier alpha value is -4.46. The van der Waals surface area contributed by atoms with Gasteiger partial charge in [0.25, 0.3) is 5.91 Å². The van der Waals surface area contributed by atoms with Gasteiger partial charge in [-0.05, 0) is 42.8 Å². The molecule has 172 valence electrons. The number of aryl methyl sites for hydroxylation is 1. The number of aromatic nitrogens is 2. The first kappa shape index (κ1) is 22.7. The number of carbonyl (C=O) groups excluding carboxylic acids is 2. The van der Waals surface area contributed by atoms with Gasteiger partial charge in [-0.3, -0.25) is 4.79 Å². The monoisotopic (exact) mass is 459 g/mol. The largest absolute Gasteiger partial charge is 0.481 e. The maximum Gasteiger partial charge on any atom is 0.344 e. The van der Waals surface area contributed by atoms with E-state index in [0.717, 1.165) is 11.1 Å². The van der Waals surface area contributed by atoms with Crippen LogP contribution in [0, 0.1) is 12.7 Å². The zero-order valence-corrected chi connectivity index (χ0v) is 18.4. The molecule has 34 heavy (non-hydrogen) atoms. The van der Waals surface area contributed by atoms with Crippen LogP contribution in [0.15, 0.2) is 84.9 Å². The van der Waals surface area contributed by atoms with Crippen molar-refractivity contribution in [2.45, 2.75) is 6.92 Å². The van der Waals surface area contributed by atoms with Gasteiger partial charge in [0.05, 0.1) is 11.4 Å². The minimum absolute atomic E-state index is 0.344. The maximum atomic E-state index is 13.2. The van der Waals surface area contributed by atoms with E-state index in [-0.39, 0.29) is 12.4 Å². The van der Waals surface area contributed by atoms with Crippen LogP contribution in [-0.4, -0.2) is 34.9 Å². The van der Waals surface area contributed by atoms with Crippen molar-refractivity contribution in [3.63, 3.8) is 0 Å². The molecular weight excluding hydrogens is 437 g/mol. The number of benzene rings is 3. The van der Waals surface area contributed by atoms with Crippen molar-refractivity contribution >= 4 is 17.7 Å². The van der Waals surface area contributed by atoms with Gasteiger partial charge in [0.15, 0.2) is 13.2 Å². The van der Waals surface area contributed by atoms with Crippen LogP contribution >= 0.6 is 0 Å². The highest BCUT2D eigenvalue weighted by atomic mass is 19.1. The summed E-state index contributed by atoms with van der Waals surface area (Å²) in [4.78, 5) is 24.5. The Morgan fingerprint density at radius 1 is 0.941 bits per heavy atom. The van der Waals surface area contributed by atoms with Crippen LogP contribution in [0.1, 0.15) is 5.69 Å². The lowest BCUT2D eigenvalue weighted by Gasteiger charge is -2.12. The van der Waals surface area contributed by atoms with Crippen molar-refractivity contribution in [3.8, 4) is 22.6 Å². The van der Waals surface area contributed by atoms with Crippen LogP contribution < -0.4 is 10.1 Å². The molecule has 1 N–H and O–H groups in total. The van der Waals surface area contributed by atoms with Gasteiger partial charge in [-0.2, -0.15) is 5.10 Å². The molecular formula is C26H22FN3O4. The van der Waals surface area contributed by atoms with Gasteiger partial charge in [-0.1, -0.05) is 48.5 Å². The van der Waals surface area contributed by atoms with Gasteiger partial charge in [-0.25, -0.2) is 13.9 Å². The van der Waals surface area contributed by atoms with Crippen molar-refractivity contribution in [1.82, 2.24) is 9.78 Å². The van der Waals surface area contributed by atoms with E-state index in [0.29, 0.717) is 22.9 Å². The third-order valence-electron chi connectivity index (χ3n) is 4.85. The minimum Gasteiger partial charge on any atom is -0.481 e. The van der Waals surface area contributed by atoms with Crippen LogP contribution in [-0.2, 0) is 14.3 Å². The van der Waals surface area contributed by atoms with E-state index in [1.807, 2.05) is 48.5 Å². The van der Waals surface area contributed by atoms with E-state index in [9.17, 15) is 14.0 Å². The van der Waals surface area contributed by atoms with Crippen LogP contribution in [0.25, 0.3) is 16.8 Å². The van der Waals surface area contributed by atoms with E-state index < -0.39 is 18.5 Å². The number of halogens is 1. The lowest BCUT2D eigenvalue weighted by atomic mass is 10.1. The molecule has 7 nitrogen and oxygen atoms in total. The average Bonchev–Trinajstić information content (AvgIpc) is 3.22. The van der Waals surface area contributed by atoms with Crippen molar-refractivity contribution in [1.29, 1.82) is 0 Å². The predicted molar refractivity (Wildman–Crippen MR) is 125 cm³/mol. The summed E-state index contributed by atoms with van der Waals surface area (Å²) >= 11 is 0. The molecule has 1 aromatic heterocycles. The number of amides is 1. The van der Waals surface area contributed by atoms with Crippen molar-refractivity contribution < 1.29 is 23.5 Å². The first-order chi connectivity index (χ1) is 16.5. The highest BCUT2D eigenvalue weighted by Gasteiger charge is 2.14. The normalized spacial score (nSPS) is 10.5. The SMILES string of the molecule is Cc1cc(NC(=O)COC(=O)COc2ccccc2-c2ccccc2)n(-c2ccc(F)cc2)n1. The third-order valence-corrected chi connectivity index (χ3v) is 4.85. The molecule has 0 unspecified atom stereocenters. The molecule has 0 saturated carbocycles. The van der Waals surface area contributed by atoms with Crippen LogP contribution in [0.3, 0.4) is 0 Å². The Bertz CT molecular complexity index is 1290. The fourth-order valence-corrected chi connectivity index (χ4v) is 3.32. The van der Waals surface area contributed by atoms with E-state index >= 15 is 0 Å². The number of para-hydroxylation sites is 1. The number of rotatable bonds is 8. The zero-order chi connectivity index (χ0) is 23.9. The van der Waals surface area contributed by atoms with Gasteiger partial charge in [0.1, 0.15) is 17.4 Å². The lowest BCUT2D eigenvalue weighted by molar-refractivity contribution is -0.149. The number of carbonyl (C=O) groups is 2. The van der Waals surface area contributed by atoms with Gasteiger partial charge in [0, 0.05) is 11.6 Å². The molecule has 1 amide bonds. The molecule has 0 aliphatic rings. The summed E-state index contributed by atoms with van der Waals surface area (Å²) in [6, 6.07) is 24.4. The second-order valence-corrected chi connectivity index (χ2v) is 7.42. The number of hydrogen-bond donors (Lipinski definition) is 1. The zero-order valence-electron chi connectivity index (χ0n) is 18.4. The molecule has 0 spiro atoms. The highest BCUT2D eigenvalue weighted by molar-refractivity contribution is 5.92. The summed E-state index contributed by atoms with van der Waals surface area (Å²) in [5, 5.41) is 6.96. The molecule has 0 atom stereocenters. The second-order valence-electron chi connectivity index (χ2n) is 7.42. The van der Waals surface area contributed by atoms with Crippen LogP contribution in [0.5, 0.6) is 5.75 Å². The van der Waals surface area contributed by atoms with Gasteiger partial charge in [0.2, 0.25) is 0 Å². The molecule has 0 radical (unpaired) electrons. The Balaban J connectivity index is 1.32. The maximum absolute atomic E-state index is 13.2. The highest BCUT2D eigenvalue weighted by Crippen LogP contribution is 2.29.